The zero-order chi connectivity index (χ0) is 15.7. The Morgan fingerprint density at radius 3 is 2.73 bits per heavy atom. The molecule has 0 amide bonds. The smallest absolute Gasteiger partial charge is 0.188 e. The maximum Gasteiger partial charge on any atom is 0.188 e. The number of guanidine groups is 1. The number of rotatable bonds is 8. The quantitative estimate of drug-likeness (QED) is 0.382. The van der Waals surface area contributed by atoms with Crippen LogP contribution < -0.4 is 15.8 Å². The standard InChI is InChI=1S/C16H26FN3O.HI/c1-4-14(21-15-7-5-6-13(17)10-15)11-20-16(18)19-9-8-12(2)3;/h5-7,10,12,14H,4,8-9,11H2,1-3H3,(H3,18,19,20);1H. The van der Waals surface area contributed by atoms with E-state index in [0.29, 0.717) is 24.2 Å². The van der Waals surface area contributed by atoms with Crippen molar-refractivity contribution in [3.63, 3.8) is 0 Å². The molecule has 0 aliphatic carbocycles. The molecule has 0 aromatic heterocycles. The number of nitrogens with one attached hydrogen (secondary N) is 1. The predicted molar refractivity (Wildman–Crippen MR) is 100 cm³/mol. The Kier molecular flexibility index (Phi) is 11.0. The Morgan fingerprint density at radius 2 is 2.14 bits per heavy atom. The molecule has 0 spiro atoms. The van der Waals surface area contributed by atoms with Crippen molar-refractivity contribution in [2.45, 2.75) is 39.7 Å². The second-order valence-electron chi connectivity index (χ2n) is 5.44. The summed E-state index contributed by atoms with van der Waals surface area (Å²) in [5.41, 5.74) is 5.80. The topological polar surface area (TPSA) is 59.6 Å². The number of benzene rings is 1. The third-order valence-electron chi connectivity index (χ3n) is 3.05. The third-order valence-corrected chi connectivity index (χ3v) is 3.05. The fourth-order valence-corrected chi connectivity index (χ4v) is 1.73. The molecule has 0 fully saturated rings. The minimum Gasteiger partial charge on any atom is -0.488 e. The molecule has 0 saturated heterocycles. The van der Waals surface area contributed by atoms with E-state index in [4.69, 9.17) is 10.5 Å². The first-order valence-corrected chi connectivity index (χ1v) is 7.47. The van der Waals surface area contributed by atoms with E-state index >= 15 is 0 Å². The molecule has 6 heteroatoms. The van der Waals surface area contributed by atoms with Gasteiger partial charge in [-0.25, -0.2) is 9.38 Å². The molecule has 0 aliphatic rings. The van der Waals surface area contributed by atoms with Crippen molar-refractivity contribution < 1.29 is 9.13 Å². The van der Waals surface area contributed by atoms with Crippen LogP contribution in [0.5, 0.6) is 5.75 Å². The van der Waals surface area contributed by atoms with Crippen molar-refractivity contribution in [1.29, 1.82) is 0 Å². The van der Waals surface area contributed by atoms with E-state index in [1.54, 1.807) is 12.1 Å². The van der Waals surface area contributed by atoms with Crippen LogP contribution in [-0.4, -0.2) is 25.2 Å². The molecule has 1 aromatic rings. The van der Waals surface area contributed by atoms with Gasteiger partial charge < -0.3 is 15.8 Å². The van der Waals surface area contributed by atoms with Crippen LogP contribution in [0.2, 0.25) is 0 Å². The molecule has 0 bridgehead atoms. The molecule has 126 valence electrons. The Bertz CT molecular complexity index is 455. The predicted octanol–water partition coefficient (Wildman–Crippen LogP) is 3.55. The average molecular weight is 423 g/mol. The molecule has 0 aliphatic heterocycles. The lowest BCUT2D eigenvalue weighted by atomic mass is 10.1. The van der Waals surface area contributed by atoms with Crippen LogP contribution in [0, 0.1) is 11.7 Å². The summed E-state index contributed by atoms with van der Waals surface area (Å²) in [5, 5.41) is 3.08. The molecular formula is C16H27FIN3O. The summed E-state index contributed by atoms with van der Waals surface area (Å²) in [5.74, 6) is 1.27. The minimum atomic E-state index is -0.305. The Morgan fingerprint density at radius 1 is 1.41 bits per heavy atom. The zero-order valence-corrected chi connectivity index (χ0v) is 15.8. The molecule has 1 rings (SSSR count). The van der Waals surface area contributed by atoms with E-state index in [0.717, 1.165) is 19.4 Å². The maximum atomic E-state index is 13.1. The minimum absolute atomic E-state index is 0. The summed E-state index contributed by atoms with van der Waals surface area (Å²) in [6.45, 7) is 7.59. The van der Waals surface area contributed by atoms with Crippen molar-refractivity contribution in [3.8, 4) is 5.75 Å². The van der Waals surface area contributed by atoms with E-state index in [9.17, 15) is 4.39 Å². The summed E-state index contributed by atoms with van der Waals surface area (Å²) in [6.07, 6.45) is 1.71. The van der Waals surface area contributed by atoms with Crippen LogP contribution in [-0.2, 0) is 0 Å². The number of nitrogens with zero attached hydrogens (tertiary/aromatic N) is 1. The highest BCUT2D eigenvalue weighted by Crippen LogP contribution is 2.15. The zero-order valence-electron chi connectivity index (χ0n) is 13.5. The van der Waals surface area contributed by atoms with Crippen LogP contribution in [0.15, 0.2) is 29.3 Å². The van der Waals surface area contributed by atoms with E-state index in [2.05, 4.69) is 24.2 Å². The van der Waals surface area contributed by atoms with E-state index in [1.807, 2.05) is 6.92 Å². The largest absolute Gasteiger partial charge is 0.488 e. The lowest BCUT2D eigenvalue weighted by Crippen LogP contribution is -2.34. The monoisotopic (exact) mass is 423 g/mol. The van der Waals surface area contributed by atoms with Crippen LogP contribution in [0.1, 0.15) is 33.6 Å². The summed E-state index contributed by atoms with van der Waals surface area (Å²) in [6, 6.07) is 6.13. The highest BCUT2D eigenvalue weighted by atomic mass is 127. The van der Waals surface area contributed by atoms with Gasteiger partial charge in [0.05, 0.1) is 6.54 Å². The maximum absolute atomic E-state index is 13.1. The molecule has 0 radical (unpaired) electrons. The van der Waals surface area contributed by atoms with Gasteiger partial charge in [-0.05, 0) is 30.9 Å². The van der Waals surface area contributed by atoms with Crippen molar-refractivity contribution >= 4 is 29.9 Å². The number of nitrogens with two attached hydrogens (primary N) is 1. The van der Waals surface area contributed by atoms with Crippen LogP contribution in [0.25, 0.3) is 0 Å². The molecule has 22 heavy (non-hydrogen) atoms. The number of hydrogen-bond donors (Lipinski definition) is 2. The van der Waals surface area contributed by atoms with Gasteiger partial charge in [-0.3, -0.25) is 0 Å². The second-order valence-corrected chi connectivity index (χ2v) is 5.44. The third kappa shape index (κ3) is 9.07. The number of halogens is 2. The lowest BCUT2D eigenvalue weighted by Gasteiger charge is -2.16. The highest BCUT2D eigenvalue weighted by molar-refractivity contribution is 14.0. The summed E-state index contributed by atoms with van der Waals surface area (Å²) >= 11 is 0. The SMILES string of the molecule is CCC(CN=C(N)NCCC(C)C)Oc1cccc(F)c1.I. The molecule has 4 nitrogen and oxygen atoms in total. The highest BCUT2D eigenvalue weighted by Gasteiger charge is 2.08. The van der Waals surface area contributed by atoms with Gasteiger partial charge in [0.15, 0.2) is 5.96 Å². The normalized spacial score (nSPS) is 12.7. The van der Waals surface area contributed by atoms with Gasteiger partial charge in [-0.15, -0.1) is 24.0 Å². The van der Waals surface area contributed by atoms with Gasteiger partial charge in [0.1, 0.15) is 17.7 Å². The van der Waals surface area contributed by atoms with Gasteiger partial charge in [-0.1, -0.05) is 26.8 Å². The van der Waals surface area contributed by atoms with Crippen molar-refractivity contribution in [2.24, 2.45) is 16.6 Å². The first-order valence-electron chi connectivity index (χ1n) is 7.47. The molecule has 1 aromatic carbocycles. The Labute approximate surface area is 149 Å². The van der Waals surface area contributed by atoms with Crippen LogP contribution in [0.3, 0.4) is 0 Å². The van der Waals surface area contributed by atoms with Gasteiger partial charge in [0, 0.05) is 12.6 Å². The van der Waals surface area contributed by atoms with Gasteiger partial charge in [0.25, 0.3) is 0 Å². The fraction of sp³-hybridized carbons (Fsp3) is 0.562. The molecular weight excluding hydrogens is 396 g/mol. The molecule has 0 heterocycles. The molecule has 1 atom stereocenters. The molecule has 1 unspecified atom stereocenters. The average Bonchev–Trinajstić information content (AvgIpc) is 2.43. The van der Waals surface area contributed by atoms with Crippen LogP contribution >= 0.6 is 24.0 Å². The van der Waals surface area contributed by atoms with Crippen molar-refractivity contribution in [2.75, 3.05) is 13.1 Å². The number of hydrogen-bond acceptors (Lipinski definition) is 2. The van der Waals surface area contributed by atoms with Gasteiger partial charge >= 0.3 is 0 Å². The molecule has 0 saturated carbocycles. The summed E-state index contributed by atoms with van der Waals surface area (Å²) in [7, 11) is 0. The number of ether oxygens (including phenoxy) is 1. The van der Waals surface area contributed by atoms with Gasteiger partial charge in [-0.2, -0.15) is 0 Å². The van der Waals surface area contributed by atoms with Crippen LogP contribution in [0.4, 0.5) is 4.39 Å². The summed E-state index contributed by atoms with van der Waals surface area (Å²) < 4.78 is 18.8. The van der Waals surface area contributed by atoms with E-state index in [-0.39, 0.29) is 35.9 Å². The first-order chi connectivity index (χ1) is 10.0. The van der Waals surface area contributed by atoms with E-state index < -0.39 is 0 Å². The lowest BCUT2D eigenvalue weighted by molar-refractivity contribution is 0.205. The van der Waals surface area contributed by atoms with Crippen molar-refractivity contribution in [3.05, 3.63) is 30.1 Å². The van der Waals surface area contributed by atoms with Crippen molar-refractivity contribution in [1.82, 2.24) is 5.32 Å². The Hall–Kier alpha value is -1.05. The second kappa shape index (κ2) is 11.5. The van der Waals surface area contributed by atoms with Gasteiger partial charge in [0.2, 0.25) is 0 Å². The molecule has 3 N–H and O–H groups in total. The van der Waals surface area contributed by atoms with E-state index in [1.165, 1.54) is 12.1 Å². The fourth-order valence-electron chi connectivity index (χ4n) is 1.73. The first kappa shape index (κ1) is 20.9. The summed E-state index contributed by atoms with van der Waals surface area (Å²) in [4.78, 5) is 4.28. The Balaban J connectivity index is 0.00000441. The number of aliphatic imine (C=N–C) groups is 1.